The van der Waals surface area contributed by atoms with E-state index in [-0.39, 0.29) is 36.6 Å². The number of fused-ring (bicyclic) bond motifs is 1. The van der Waals surface area contributed by atoms with Crippen LogP contribution in [0.5, 0.6) is 0 Å². The Morgan fingerprint density at radius 1 is 1.19 bits per heavy atom. The van der Waals surface area contributed by atoms with Gasteiger partial charge in [0.2, 0.25) is 0 Å². The van der Waals surface area contributed by atoms with Gasteiger partial charge in [-0.2, -0.15) is 0 Å². The lowest BCUT2D eigenvalue weighted by Gasteiger charge is -2.24. The molecule has 8 heteroatoms. The van der Waals surface area contributed by atoms with E-state index in [4.69, 9.17) is 4.74 Å². The number of nitrogens with one attached hydrogen (secondary N) is 1. The Bertz CT molecular complexity index is 972. The number of amides is 1. The fraction of sp³-hybridized carbons (Fsp3) is 0.211. The molecule has 1 atom stereocenters. The van der Waals surface area contributed by atoms with E-state index in [1.54, 1.807) is 28.9 Å². The summed E-state index contributed by atoms with van der Waals surface area (Å²) in [7, 11) is 0. The van der Waals surface area contributed by atoms with Crippen molar-refractivity contribution in [2.45, 2.75) is 25.8 Å². The summed E-state index contributed by atoms with van der Waals surface area (Å²) in [5.74, 6) is -1.07. The fourth-order valence-corrected chi connectivity index (χ4v) is 2.98. The minimum absolute atomic E-state index is 0.164. The van der Waals surface area contributed by atoms with Crippen molar-refractivity contribution >= 4 is 5.91 Å². The number of halogens is 2. The number of hydrogen-bond donors (Lipinski definition) is 1. The molecule has 4 rings (SSSR count). The maximum Gasteiger partial charge on any atom is 0.274 e. The second kappa shape index (κ2) is 7.24. The van der Waals surface area contributed by atoms with Crippen LogP contribution >= 0.6 is 0 Å². The Labute approximate surface area is 153 Å². The minimum atomic E-state index is -0.399. The van der Waals surface area contributed by atoms with Crippen LogP contribution in [0.2, 0.25) is 0 Å². The van der Waals surface area contributed by atoms with Gasteiger partial charge in [0.25, 0.3) is 5.91 Å². The van der Waals surface area contributed by atoms with Crippen molar-refractivity contribution in [3.63, 3.8) is 0 Å². The van der Waals surface area contributed by atoms with Crippen molar-refractivity contribution in [1.29, 1.82) is 0 Å². The number of benzene rings is 2. The van der Waals surface area contributed by atoms with Crippen LogP contribution < -0.4 is 5.32 Å². The van der Waals surface area contributed by atoms with Crippen LogP contribution in [0.3, 0.4) is 0 Å². The molecule has 1 aromatic heterocycles. The molecule has 0 radical (unpaired) electrons. The molecule has 2 heterocycles. The molecule has 0 unspecified atom stereocenters. The summed E-state index contributed by atoms with van der Waals surface area (Å²) in [6.07, 6.45) is -0.289. The normalized spacial score (nSPS) is 16.0. The number of aromatic nitrogens is 3. The van der Waals surface area contributed by atoms with E-state index in [9.17, 15) is 13.6 Å². The Morgan fingerprint density at radius 2 is 2.00 bits per heavy atom. The third-order valence-electron chi connectivity index (χ3n) is 4.40. The molecule has 1 aliphatic rings. The molecule has 0 saturated carbocycles. The van der Waals surface area contributed by atoms with E-state index in [0.29, 0.717) is 17.8 Å². The van der Waals surface area contributed by atoms with Crippen LogP contribution in [0.25, 0.3) is 0 Å². The topological polar surface area (TPSA) is 69.0 Å². The number of carbonyl (C=O) groups excluding carboxylic acids is 1. The number of hydrogen-bond acceptors (Lipinski definition) is 4. The van der Waals surface area contributed by atoms with E-state index in [1.807, 2.05) is 0 Å². The third kappa shape index (κ3) is 3.70. The van der Waals surface area contributed by atoms with Gasteiger partial charge in [-0.25, -0.2) is 13.5 Å². The van der Waals surface area contributed by atoms with Crippen molar-refractivity contribution < 1.29 is 18.3 Å². The van der Waals surface area contributed by atoms with Crippen LogP contribution in [-0.4, -0.2) is 20.9 Å². The van der Waals surface area contributed by atoms with Gasteiger partial charge < -0.3 is 10.1 Å². The highest BCUT2D eigenvalue weighted by atomic mass is 19.1. The molecular weight excluding hydrogens is 354 g/mol. The lowest BCUT2D eigenvalue weighted by Crippen LogP contribution is -2.27. The van der Waals surface area contributed by atoms with Crippen LogP contribution in [0.15, 0.2) is 48.5 Å². The third-order valence-corrected chi connectivity index (χ3v) is 4.40. The summed E-state index contributed by atoms with van der Waals surface area (Å²) < 4.78 is 33.7. The van der Waals surface area contributed by atoms with Crippen LogP contribution in [0.1, 0.15) is 33.4 Å². The quantitative estimate of drug-likeness (QED) is 0.767. The molecule has 3 aromatic rings. The van der Waals surface area contributed by atoms with E-state index in [0.717, 1.165) is 5.56 Å². The molecular formula is C19H16F2N4O2. The van der Waals surface area contributed by atoms with E-state index in [1.165, 1.54) is 24.3 Å². The lowest BCUT2D eigenvalue weighted by molar-refractivity contribution is -0.00180. The smallest absolute Gasteiger partial charge is 0.274 e. The summed E-state index contributed by atoms with van der Waals surface area (Å²) in [6.45, 7) is 0.727. The summed E-state index contributed by atoms with van der Waals surface area (Å²) >= 11 is 0. The second-order valence-corrected chi connectivity index (χ2v) is 6.23. The maximum atomic E-state index is 13.2. The average Bonchev–Trinajstić information content (AvgIpc) is 3.10. The minimum Gasteiger partial charge on any atom is -0.365 e. The zero-order valence-corrected chi connectivity index (χ0v) is 14.2. The number of carbonyl (C=O) groups is 1. The predicted octanol–water partition coefficient (Wildman–Crippen LogP) is 2.76. The summed E-state index contributed by atoms with van der Waals surface area (Å²) in [4.78, 5) is 12.4. The Kier molecular flexibility index (Phi) is 4.64. The first-order valence-corrected chi connectivity index (χ1v) is 8.42. The van der Waals surface area contributed by atoms with Gasteiger partial charge in [0, 0.05) is 6.54 Å². The first-order chi connectivity index (χ1) is 13.1. The molecule has 0 saturated heterocycles. The molecule has 0 bridgehead atoms. The molecule has 138 valence electrons. The van der Waals surface area contributed by atoms with Crippen molar-refractivity contribution in [1.82, 2.24) is 20.3 Å². The predicted molar refractivity (Wildman–Crippen MR) is 91.5 cm³/mol. The van der Waals surface area contributed by atoms with Gasteiger partial charge in [-0.3, -0.25) is 4.79 Å². The van der Waals surface area contributed by atoms with Crippen molar-refractivity contribution in [2.24, 2.45) is 0 Å². The summed E-state index contributed by atoms with van der Waals surface area (Å²) in [5.41, 5.74) is 2.24. The molecule has 27 heavy (non-hydrogen) atoms. The van der Waals surface area contributed by atoms with Crippen LogP contribution in [-0.2, 0) is 24.4 Å². The second-order valence-electron chi connectivity index (χ2n) is 6.23. The zero-order valence-electron chi connectivity index (χ0n) is 14.2. The van der Waals surface area contributed by atoms with Crippen LogP contribution in [0, 0.1) is 11.6 Å². The molecule has 1 aliphatic heterocycles. The van der Waals surface area contributed by atoms with Gasteiger partial charge in [-0.1, -0.05) is 29.5 Å². The van der Waals surface area contributed by atoms with Gasteiger partial charge in [0.05, 0.1) is 18.8 Å². The van der Waals surface area contributed by atoms with E-state index in [2.05, 4.69) is 15.6 Å². The Morgan fingerprint density at radius 3 is 2.78 bits per heavy atom. The highest BCUT2D eigenvalue weighted by molar-refractivity contribution is 5.93. The van der Waals surface area contributed by atoms with E-state index >= 15 is 0 Å². The standard InChI is InChI=1S/C19H16F2N4O2/c20-14-6-4-13(5-7-14)17-10-25-16(11-27-17)18(23-24-25)19(26)22-9-12-2-1-3-15(21)8-12/h1-8,17H,9-11H2,(H,22,26)/t17-/m1/s1. The fourth-order valence-electron chi connectivity index (χ4n) is 2.98. The Hall–Kier alpha value is -3.13. The summed E-state index contributed by atoms with van der Waals surface area (Å²) in [6, 6.07) is 12.1. The summed E-state index contributed by atoms with van der Waals surface area (Å²) in [5, 5.41) is 10.7. The van der Waals surface area contributed by atoms with Crippen molar-refractivity contribution in [2.75, 3.05) is 0 Å². The van der Waals surface area contributed by atoms with Gasteiger partial charge in [-0.15, -0.1) is 5.10 Å². The SMILES string of the molecule is O=C(NCc1cccc(F)c1)c1nnn2c1CO[C@@H](c1ccc(F)cc1)C2. The average molecular weight is 370 g/mol. The van der Waals surface area contributed by atoms with Crippen LogP contribution in [0.4, 0.5) is 8.78 Å². The first kappa shape index (κ1) is 17.3. The Balaban J connectivity index is 1.44. The van der Waals surface area contributed by atoms with Gasteiger partial charge >= 0.3 is 0 Å². The monoisotopic (exact) mass is 370 g/mol. The highest BCUT2D eigenvalue weighted by Crippen LogP contribution is 2.27. The molecule has 1 N–H and O–H groups in total. The number of nitrogens with zero attached hydrogens (tertiary/aromatic N) is 3. The lowest BCUT2D eigenvalue weighted by atomic mass is 10.1. The van der Waals surface area contributed by atoms with Crippen molar-refractivity contribution in [3.05, 3.63) is 82.7 Å². The maximum absolute atomic E-state index is 13.2. The number of rotatable bonds is 4. The molecule has 2 aromatic carbocycles. The molecule has 0 aliphatic carbocycles. The van der Waals surface area contributed by atoms with Gasteiger partial charge in [0.1, 0.15) is 17.7 Å². The molecule has 0 spiro atoms. The highest BCUT2D eigenvalue weighted by Gasteiger charge is 2.27. The largest absolute Gasteiger partial charge is 0.365 e. The van der Waals surface area contributed by atoms with Gasteiger partial charge in [-0.05, 0) is 35.4 Å². The number of ether oxygens (including phenoxy) is 1. The molecule has 0 fully saturated rings. The zero-order chi connectivity index (χ0) is 18.8. The molecule has 6 nitrogen and oxygen atoms in total. The first-order valence-electron chi connectivity index (χ1n) is 8.42. The van der Waals surface area contributed by atoms with Crippen molar-refractivity contribution in [3.8, 4) is 0 Å². The van der Waals surface area contributed by atoms with Gasteiger partial charge in [0.15, 0.2) is 5.69 Å². The van der Waals surface area contributed by atoms with E-state index < -0.39 is 5.91 Å². The molecule has 1 amide bonds.